The number of sulfonamides is 1. The van der Waals surface area contributed by atoms with Crippen LogP contribution in [-0.2, 0) is 10.0 Å². The first-order valence-corrected chi connectivity index (χ1v) is 16.0. The van der Waals surface area contributed by atoms with Gasteiger partial charge in [-0.15, -0.1) is 0 Å². The lowest BCUT2D eigenvalue weighted by Crippen LogP contribution is -2.28. The van der Waals surface area contributed by atoms with Gasteiger partial charge in [0.15, 0.2) is 6.23 Å². The molecular formula is C33H27F2N5O5S. The highest BCUT2D eigenvalue weighted by Crippen LogP contribution is 2.44. The average Bonchev–Trinajstić information content (AvgIpc) is 3.63. The Kier molecular flexibility index (Phi) is 7.02. The van der Waals surface area contributed by atoms with E-state index in [-0.39, 0.29) is 34.9 Å². The first-order chi connectivity index (χ1) is 22.1. The van der Waals surface area contributed by atoms with E-state index in [1.54, 1.807) is 41.0 Å². The molecule has 234 valence electrons. The Morgan fingerprint density at radius 1 is 1.04 bits per heavy atom. The first kappa shape index (κ1) is 29.4. The van der Waals surface area contributed by atoms with E-state index >= 15 is 0 Å². The van der Waals surface area contributed by atoms with Crippen LogP contribution in [0.15, 0.2) is 77.2 Å². The van der Waals surface area contributed by atoms with Crippen molar-refractivity contribution in [2.75, 3.05) is 24.1 Å². The molecule has 3 aromatic heterocycles. The molecular weight excluding hydrogens is 616 g/mol. The van der Waals surface area contributed by atoms with Crippen molar-refractivity contribution in [2.45, 2.75) is 13.2 Å². The number of pyridine rings is 1. The van der Waals surface area contributed by atoms with Crippen molar-refractivity contribution in [1.82, 2.24) is 14.9 Å². The van der Waals surface area contributed by atoms with Crippen LogP contribution < -0.4 is 20.5 Å². The summed E-state index contributed by atoms with van der Waals surface area (Å²) in [6, 6.07) is 18.4. The van der Waals surface area contributed by atoms with Crippen molar-refractivity contribution in [1.29, 1.82) is 0 Å². The van der Waals surface area contributed by atoms with Crippen molar-refractivity contribution >= 4 is 43.5 Å². The molecule has 4 N–H and O–H groups in total. The molecule has 1 amide bonds. The zero-order valence-corrected chi connectivity index (χ0v) is 25.4. The highest BCUT2D eigenvalue weighted by atomic mass is 32.2. The number of ether oxygens (including phenoxy) is 1. The number of hydrogen-bond acceptors (Lipinski definition) is 7. The van der Waals surface area contributed by atoms with Gasteiger partial charge in [-0.05, 0) is 67.6 Å². The Bertz CT molecular complexity index is 2300. The van der Waals surface area contributed by atoms with E-state index in [1.807, 2.05) is 0 Å². The van der Waals surface area contributed by atoms with Crippen molar-refractivity contribution in [2.24, 2.45) is 5.73 Å². The Morgan fingerprint density at radius 2 is 1.83 bits per heavy atom. The van der Waals surface area contributed by atoms with E-state index in [0.717, 1.165) is 0 Å². The van der Waals surface area contributed by atoms with Crippen LogP contribution in [0.2, 0.25) is 0 Å². The molecule has 1 aliphatic rings. The summed E-state index contributed by atoms with van der Waals surface area (Å²) < 4.78 is 71.0. The lowest BCUT2D eigenvalue weighted by atomic mass is 10.0. The van der Waals surface area contributed by atoms with Crippen LogP contribution in [-0.4, -0.2) is 43.2 Å². The normalized spacial score (nSPS) is 14.2. The largest absolute Gasteiger partial charge is 0.466 e. The Morgan fingerprint density at radius 3 is 2.54 bits per heavy atom. The summed E-state index contributed by atoms with van der Waals surface area (Å²) in [6.45, 7) is 1.62. The van der Waals surface area contributed by atoms with Gasteiger partial charge >= 0.3 is 0 Å². The van der Waals surface area contributed by atoms with Crippen molar-refractivity contribution in [3.05, 3.63) is 90.0 Å². The van der Waals surface area contributed by atoms with Gasteiger partial charge in [-0.3, -0.25) is 9.52 Å². The number of aromatic nitrogens is 2. The predicted molar refractivity (Wildman–Crippen MR) is 171 cm³/mol. The average molecular weight is 644 g/mol. The van der Waals surface area contributed by atoms with Crippen LogP contribution in [0.25, 0.3) is 55.8 Å². The molecule has 3 aromatic carbocycles. The minimum atomic E-state index is -3.78. The number of rotatable bonds is 7. The summed E-state index contributed by atoms with van der Waals surface area (Å²) in [7, 11) is -2.30. The minimum absolute atomic E-state index is 0.118. The second-order valence-corrected chi connectivity index (χ2v) is 12.7. The Balaban J connectivity index is 1.48. The van der Waals surface area contributed by atoms with Crippen LogP contribution in [0.4, 0.5) is 14.5 Å². The van der Waals surface area contributed by atoms with Crippen LogP contribution in [0.1, 0.15) is 23.5 Å². The molecule has 0 saturated carbocycles. The fraction of sp³-hybridized carbons (Fsp3) is 0.152. The maximum atomic E-state index is 14.9. The smallest absolute Gasteiger partial charge is 0.255 e. The SMILES string of the molecule is CCS(=O)(=O)Nc1cc2oc(-c3ccc(F)cc3)c(C(=O)NC)c2cc1-c1ccc2c(n1)-c1cc3c(F)cccc3n1C(CN)O2. The molecule has 10 nitrogen and oxygen atoms in total. The molecule has 7 rings (SSSR count). The number of nitrogens with one attached hydrogen (secondary N) is 2. The Hall–Kier alpha value is -5.27. The zero-order valence-electron chi connectivity index (χ0n) is 24.6. The third kappa shape index (κ3) is 4.75. The standard InChI is InChI=1S/C33H27F2N5O5S/c1-3-46(42,43)39-24-15-28-21(30(33(41)37-2)32(45-28)17-7-9-18(34)10-8-17)13-20(24)23-11-12-27-31(38-23)26-14-19-22(35)5-4-6-25(19)40(26)29(16-36)44-27/h4-15,29,39H,3,16,36H2,1-2H3,(H,37,41). The number of furan rings is 1. The van der Waals surface area contributed by atoms with E-state index < -0.39 is 33.8 Å². The summed E-state index contributed by atoms with van der Waals surface area (Å²) in [5, 5.41) is 3.37. The first-order valence-electron chi connectivity index (χ1n) is 14.4. The molecule has 0 spiro atoms. The molecule has 6 aromatic rings. The molecule has 0 fully saturated rings. The van der Waals surface area contributed by atoms with Gasteiger partial charge in [0.05, 0.1) is 33.9 Å². The number of nitrogens with zero attached hydrogens (tertiary/aromatic N) is 2. The van der Waals surface area contributed by atoms with Crippen LogP contribution in [0.3, 0.4) is 0 Å². The number of anilines is 1. The van der Waals surface area contributed by atoms with E-state index in [4.69, 9.17) is 19.9 Å². The summed E-state index contributed by atoms with van der Waals surface area (Å²) in [5.74, 6) is -0.932. The number of amides is 1. The maximum Gasteiger partial charge on any atom is 0.255 e. The van der Waals surface area contributed by atoms with Crippen LogP contribution >= 0.6 is 0 Å². The molecule has 46 heavy (non-hydrogen) atoms. The molecule has 1 atom stereocenters. The number of nitrogens with two attached hydrogens (primary N) is 1. The molecule has 1 aliphatic heterocycles. The highest BCUT2D eigenvalue weighted by molar-refractivity contribution is 7.92. The van der Waals surface area contributed by atoms with Gasteiger partial charge in [-0.1, -0.05) is 6.07 Å². The van der Waals surface area contributed by atoms with Gasteiger partial charge in [0.1, 0.15) is 34.4 Å². The molecule has 13 heteroatoms. The third-order valence-corrected chi connectivity index (χ3v) is 9.28. The number of carbonyl (C=O) groups excluding carboxylic acids is 1. The molecule has 0 bridgehead atoms. The molecule has 4 heterocycles. The number of fused-ring (bicyclic) bond motifs is 6. The van der Waals surface area contributed by atoms with Crippen molar-refractivity contribution < 1.29 is 31.1 Å². The van der Waals surface area contributed by atoms with E-state index in [1.165, 1.54) is 50.4 Å². The summed E-state index contributed by atoms with van der Waals surface area (Å²) in [5.41, 5.74) is 9.30. The third-order valence-electron chi connectivity index (χ3n) is 7.99. The van der Waals surface area contributed by atoms with Gasteiger partial charge in [-0.25, -0.2) is 22.2 Å². The van der Waals surface area contributed by atoms with Crippen LogP contribution in [0.5, 0.6) is 5.75 Å². The summed E-state index contributed by atoms with van der Waals surface area (Å²) >= 11 is 0. The van der Waals surface area contributed by atoms with Gasteiger partial charge < -0.3 is 24.8 Å². The van der Waals surface area contributed by atoms with E-state index in [0.29, 0.717) is 50.2 Å². The molecule has 1 unspecified atom stereocenters. The second kappa shape index (κ2) is 11.0. The van der Waals surface area contributed by atoms with E-state index in [2.05, 4.69) is 10.0 Å². The Labute approximate surface area is 261 Å². The quantitative estimate of drug-likeness (QED) is 0.193. The number of carbonyl (C=O) groups is 1. The van der Waals surface area contributed by atoms with Crippen molar-refractivity contribution in [3.63, 3.8) is 0 Å². The van der Waals surface area contributed by atoms with Gasteiger partial charge in [0, 0.05) is 41.6 Å². The molecule has 0 aliphatic carbocycles. The number of hydrogen-bond donors (Lipinski definition) is 3. The minimum Gasteiger partial charge on any atom is -0.466 e. The van der Waals surface area contributed by atoms with Crippen LogP contribution in [0, 0.1) is 11.6 Å². The van der Waals surface area contributed by atoms with E-state index in [9.17, 15) is 22.0 Å². The summed E-state index contributed by atoms with van der Waals surface area (Å²) in [4.78, 5) is 18.1. The predicted octanol–water partition coefficient (Wildman–Crippen LogP) is 6.03. The molecule has 0 saturated heterocycles. The fourth-order valence-electron chi connectivity index (χ4n) is 5.77. The van der Waals surface area contributed by atoms with Gasteiger partial charge in [-0.2, -0.15) is 0 Å². The van der Waals surface area contributed by atoms with Gasteiger partial charge in [0.25, 0.3) is 5.91 Å². The number of halogens is 2. The summed E-state index contributed by atoms with van der Waals surface area (Å²) in [6.07, 6.45) is -0.608. The highest BCUT2D eigenvalue weighted by Gasteiger charge is 2.30. The zero-order chi connectivity index (χ0) is 32.3. The lowest BCUT2D eigenvalue weighted by Gasteiger charge is -2.28. The van der Waals surface area contributed by atoms with Gasteiger partial charge in [0.2, 0.25) is 10.0 Å². The maximum absolute atomic E-state index is 14.9. The van der Waals surface area contributed by atoms with Crippen molar-refractivity contribution in [3.8, 4) is 39.7 Å². The lowest BCUT2D eigenvalue weighted by molar-refractivity contribution is 0.0964. The second-order valence-electron chi connectivity index (χ2n) is 10.7. The number of benzene rings is 3. The monoisotopic (exact) mass is 643 g/mol. The topological polar surface area (TPSA) is 141 Å². The molecule has 0 radical (unpaired) electrons. The fourth-order valence-corrected chi connectivity index (χ4v) is 6.42.